The molecule has 162 valence electrons. The van der Waals surface area contributed by atoms with Crippen molar-refractivity contribution in [1.82, 2.24) is 9.97 Å². The van der Waals surface area contributed by atoms with Gasteiger partial charge in [0.05, 0.1) is 6.04 Å². The molecule has 6 nitrogen and oxygen atoms in total. The number of rotatable bonds is 6. The quantitative estimate of drug-likeness (QED) is 0.467. The van der Waals surface area contributed by atoms with E-state index >= 15 is 4.39 Å². The minimum atomic E-state index is -2.90. The lowest BCUT2D eigenvalue weighted by Crippen LogP contribution is -2.25. The average molecular weight is 429 g/mol. The zero-order chi connectivity index (χ0) is 22.0. The summed E-state index contributed by atoms with van der Waals surface area (Å²) in [6.07, 6.45) is 5.64. The van der Waals surface area contributed by atoms with Gasteiger partial charge in [0.2, 0.25) is 5.82 Å². The summed E-state index contributed by atoms with van der Waals surface area (Å²) in [7, 11) is 0. The molecule has 31 heavy (non-hydrogen) atoms. The number of alkyl halides is 2. The molecule has 9 heteroatoms. The molecular weight excluding hydrogens is 407 g/mol. The predicted octanol–water partition coefficient (Wildman–Crippen LogP) is 4.31. The van der Waals surface area contributed by atoms with Crippen molar-refractivity contribution in [2.24, 2.45) is 0 Å². The zero-order valence-corrected chi connectivity index (χ0v) is 16.9. The summed E-state index contributed by atoms with van der Waals surface area (Å²) in [6, 6.07) is 9.30. The second-order valence-electron chi connectivity index (χ2n) is 7.64. The van der Waals surface area contributed by atoms with E-state index in [0.717, 1.165) is 30.9 Å². The van der Waals surface area contributed by atoms with Crippen LogP contribution in [0.15, 0.2) is 55.1 Å². The third-order valence-corrected chi connectivity index (χ3v) is 5.43. The Hall–Kier alpha value is -3.36. The SMILES string of the molecule is CC(F)(F)c1ccc(C2CCCN2c2ncnc(NCc3cc[n+]([O-])cc3)c2F)cc1. The van der Waals surface area contributed by atoms with Crippen LogP contribution in [0.2, 0.25) is 0 Å². The van der Waals surface area contributed by atoms with E-state index in [-0.39, 0.29) is 23.2 Å². The number of pyridine rings is 1. The van der Waals surface area contributed by atoms with Gasteiger partial charge < -0.3 is 15.4 Å². The lowest BCUT2D eigenvalue weighted by Gasteiger charge is -2.27. The van der Waals surface area contributed by atoms with Gasteiger partial charge in [-0.2, -0.15) is 9.12 Å². The van der Waals surface area contributed by atoms with E-state index in [1.165, 1.54) is 30.9 Å². The van der Waals surface area contributed by atoms with Crippen molar-refractivity contribution in [2.45, 2.75) is 38.3 Å². The molecule has 1 aliphatic rings. The molecule has 0 bridgehead atoms. The Kier molecular flexibility index (Phi) is 5.67. The van der Waals surface area contributed by atoms with Crippen LogP contribution < -0.4 is 14.9 Å². The maximum Gasteiger partial charge on any atom is 0.270 e. The van der Waals surface area contributed by atoms with Crippen LogP contribution in [0.1, 0.15) is 42.5 Å². The van der Waals surface area contributed by atoms with E-state index in [1.54, 1.807) is 24.3 Å². The first kappa shape index (κ1) is 20.9. The van der Waals surface area contributed by atoms with Gasteiger partial charge in [0.25, 0.3) is 5.92 Å². The van der Waals surface area contributed by atoms with Crippen LogP contribution in [0, 0.1) is 11.0 Å². The van der Waals surface area contributed by atoms with Crippen molar-refractivity contribution >= 4 is 11.6 Å². The molecule has 1 atom stereocenters. The molecule has 1 fully saturated rings. The average Bonchev–Trinajstić information content (AvgIpc) is 3.23. The van der Waals surface area contributed by atoms with E-state index in [0.29, 0.717) is 17.8 Å². The summed E-state index contributed by atoms with van der Waals surface area (Å²) in [5, 5.41) is 14.1. The molecule has 1 unspecified atom stereocenters. The van der Waals surface area contributed by atoms with E-state index in [1.807, 2.05) is 4.90 Å². The van der Waals surface area contributed by atoms with Crippen molar-refractivity contribution < 1.29 is 17.9 Å². The molecule has 3 heterocycles. The number of nitrogens with zero attached hydrogens (tertiary/aromatic N) is 4. The normalized spacial score (nSPS) is 16.5. The van der Waals surface area contributed by atoms with Crippen LogP contribution in [0.3, 0.4) is 0 Å². The molecule has 1 aliphatic heterocycles. The Morgan fingerprint density at radius 2 is 1.87 bits per heavy atom. The highest BCUT2D eigenvalue weighted by atomic mass is 19.3. The molecule has 4 rings (SSSR count). The Morgan fingerprint density at radius 3 is 2.55 bits per heavy atom. The van der Waals surface area contributed by atoms with Crippen molar-refractivity contribution in [3.63, 3.8) is 0 Å². The Labute approximate surface area is 178 Å². The number of aromatic nitrogens is 3. The van der Waals surface area contributed by atoms with Crippen molar-refractivity contribution in [2.75, 3.05) is 16.8 Å². The molecule has 1 saturated heterocycles. The van der Waals surface area contributed by atoms with Crippen molar-refractivity contribution in [1.29, 1.82) is 0 Å². The van der Waals surface area contributed by atoms with Crippen LogP contribution in [-0.4, -0.2) is 16.5 Å². The molecule has 0 radical (unpaired) electrons. The maximum absolute atomic E-state index is 15.2. The Morgan fingerprint density at radius 1 is 1.16 bits per heavy atom. The van der Waals surface area contributed by atoms with Gasteiger partial charge in [0, 0.05) is 37.7 Å². The monoisotopic (exact) mass is 429 g/mol. The second kappa shape index (κ2) is 8.41. The standard InChI is InChI=1S/C22H22F3N5O/c1-22(24,25)17-6-4-16(5-7-17)18-3-2-10-30(18)21-19(23)20(27-14-28-21)26-13-15-8-11-29(31)12-9-15/h4-9,11-12,14,18H,2-3,10,13H2,1H3,(H,26,27,28). The van der Waals surface area contributed by atoms with Gasteiger partial charge in [-0.25, -0.2) is 18.7 Å². The number of nitrogens with one attached hydrogen (secondary N) is 1. The van der Waals surface area contributed by atoms with E-state index < -0.39 is 11.7 Å². The third-order valence-electron chi connectivity index (χ3n) is 5.43. The zero-order valence-electron chi connectivity index (χ0n) is 16.9. The fourth-order valence-electron chi connectivity index (χ4n) is 3.80. The Balaban J connectivity index is 1.54. The van der Waals surface area contributed by atoms with Gasteiger partial charge >= 0.3 is 0 Å². The minimum Gasteiger partial charge on any atom is -0.619 e. The summed E-state index contributed by atoms with van der Waals surface area (Å²) in [5.41, 5.74) is 1.59. The second-order valence-corrected chi connectivity index (χ2v) is 7.64. The molecule has 0 aliphatic carbocycles. The molecule has 0 spiro atoms. The third kappa shape index (κ3) is 4.55. The van der Waals surface area contributed by atoms with Gasteiger partial charge in [-0.3, -0.25) is 0 Å². The molecule has 3 aromatic rings. The highest BCUT2D eigenvalue weighted by Crippen LogP contribution is 2.38. The van der Waals surface area contributed by atoms with Crippen LogP contribution in [0.25, 0.3) is 0 Å². The van der Waals surface area contributed by atoms with Crippen LogP contribution in [-0.2, 0) is 12.5 Å². The highest BCUT2D eigenvalue weighted by molar-refractivity contribution is 5.53. The molecule has 0 amide bonds. The lowest BCUT2D eigenvalue weighted by atomic mass is 10.0. The van der Waals surface area contributed by atoms with Crippen LogP contribution in [0.5, 0.6) is 0 Å². The molecule has 1 aromatic carbocycles. The fraction of sp³-hybridized carbons (Fsp3) is 0.318. The van der Waals surface area contributed by atoms with E-state index in [9.17, 15) is 14.0 Å². The van der Waals surface area contributed by atoms with Crippen molar-refractivity contribution in [3.05, 3.63) is 82.8 Å². The fourth-order valence-corrected chi connectivity index (χ4v) is 3.80. The summed E-state index contributed by atoms with van der Waals surface area (Å²) in [4.78, 5) is 10.0. The summed E-state index contributed by atoms with van der Waals surface area (Å²) in [5.74, 6) is -3.23. The minimum absolute atomic E-state index is 0.0519. The molecule has 1 N–H and O–H groups in total. The number of anilines is 2. The number of benzene rings is 1. The van der Waals surface area contributed by atoms with E-state index in [4.69, 9.17) is 0 Å². The van der Waals surface area contributed by atoms with Gasteiger partial charge in [0.1, 0.15) is 6.33 Å². The van der Waals surface area contributed by atoms with Gasteiger partial charge in [-0.1, -0.05) is 24.3 Å². The first-order chi connectivity index (χ1) is 14.8. The van der Waals surface area contributed by atoms with E-state index in [2.05, 4.69) is 15.3 Å². The predicted molar refractivity (Wildman–Crippen MR) is 110 cm³/mol. The van der Waals surface area contributed by atoms with Gasteiger partial charge in [0.15, 0.2) is 24.0 Å². The van der Waals surface area contributed by atoms with Gasteiger partial charge in [-0.15, -0.1) is 0 Å². The highest BCUT2D eigenvalue weighted by Gasteiger charge is 2.31. The Bertz CT molecular complexity index is 1040. The van der Waals surface area contributed by atoms with Crippen LogP contribution >= 0.6 is 0 Å². The summed E-state index contributed by atoms with van der Waals surface area (Å²) in [6.45, 7) is 1.76. The summed E-state index contributed by atoms with van der Waals surface area (Å²) >= 11 is 0. The van der Waals surface area contributed by atoms with Gasteiger partial charge in [-0.05, 0) is 24.0 Å². The molecule has 0 saturated carbocycles. The summed E-state index contributed by atoms with van der Waals surface area (Å²) < 4.78 is 42.9. The van der Waals surface area contributed by atoms with Crippen LogP contribution in [0.4, 0.5) is 24.8 Å². The smallest absolute Gasteiger partial charge is 0.270 e. The first-order valence-corrected chi connectivity index (χ1v) is 10.00. The largest absolute Gasteiger partial charge is 0.619 e. The number of hydrogen-bond acceptors (Lipinski definition) is 5. The topological polar surface area (TPSA) is 68.0 Å². The molecular formula is C22H22F3N5O. The maximum atomic E-state index is 15.2. The first-order valence-electron chi connectivity index (χ1n) is 10.00. The van der Waals surface area contributed by atoms with Crippen molar-refractivity contribution in [3.8, 4) is 0 Å². The lowest BCUT2D eigenvalue weighted by molar-refractivity contribution is -0.605. The number of hydrogen-bond donors (Lipinski definition) is 1. The number of halogens is 3. The molecule has 2 aromatic heterocycles.